The Kier molecular flexibility index (Phi) is 2.13. The van der Waals surface area contributed by atoms with E-state index >= 15 is 0 Å². The predicted molar refractivity (Wildman–Crippen MR) is 57.4 cm³/mol. The average molecular weight is 206 g/mol. The van der Waals surface area contributed by atoms with Crippen LogP contribution in [0.5, 0.6) is 0 Å². The molecule has 2 aliphatic carbocycles. The molecule has 0 saturated heterocycles. The van der Waals surface area contributed by atoms with E-state index in [2.05, 4.69) is 0 Å². The lowest BCUT2D eigenvalue weighted by Crippen LogP contribution is -2.13. The van der Waals surface area contributed by atoms with E-state index in [-0.39, 0.29) is 5.60 Å². The number of rotatable bonds is 3. The Morgan fingerprint density at radius 2 is 2.07 bits per heavy atom. The molecule has 0 amide bonds. The summed E-state index contributed by atoms with van der Waals surface area (Å²) in [6, 6.07) is 3.91. The molecule has 0 spiro atoms. The lowest BCUT2D eigenvalue weighted by molar-refractivity contribution is 0.107. The third-order valence-corrected chi connectivity index (χ3v) is 4.29. The molecule has 2 atom stereocenters. The fraction of sp³-hybridized carbons (Fsp3) is 0.692. The maximum Gasteiger partial charge on any atom is 0.103 e. The van der Waals surface area contributed by atoms with Crippen molar-refractivity contribution in [2.45, 2.75) is 44.1 Å². The molecule has 2 heteroatoms. The van der Waals surface area contributed by atoms with Gasteiger partial charge in [-0.25, -0.2) is 0 Å². The smallest absolute Gasteiger partial charge is 0.103 e. The zero-order valence-corrected chi connectivity index (χ0v) is 8.98. The van der Waals surface area contributed by atoms with E-state index in [1.54, 1.807) is 6.26 Å². The van der Waals surface area contributed by atoms with Gasteiger partial charge in [0.1, 0.15) is 5.76 Å². The summed E-state index contributed by atoms with van der Waals surface area (Å²) < 4.78 is 5.30. The Morgan fingerprint density at radius 1 is 1.33 bits per heavy atom. The van der Waals surface area contributed by atoms with Crippen LogP contribution < -0.4 is 0 Å². The quantitative estimate of drug-likeness (QED) is 0.825. The Balaban J connectivity index is 1.60. The van der Waals surface area contributed by atoms with E-state index in [1.807, 2.05) is 12.1 Å². The summed E-state index contributed by atoms with van der Waals surface area (Å²) in [5.41, 5.74) is -0.344. The van der Waals surface area contributed by atoms with E-state index in [9.17, 15) is 5.11 Å². The van der Waals surface area contributed by atoms with Gasteiger partial charge in [0.15, 0.2) is 0 Å². The monoisotopic (exact) mass is 206 g/mol. The molecule has 0 radical (unpaired) electrons. The van der Waals surface area contributed by atoms with Gasteiger partial charge >= 0.3 is 0 Å². The molecule has 3 rings (SSSR count). The van der Waals surface area contributed by atoms with E-state index in [0.29, 0.717) is 11.8 Å². The predicted octanol–water partition coefficient (Wildman–Crippen LogP) is 2.76. The zero-order valence-electron chi connectivity index (χ0n) is 8.98. The van der Waals surface area contributed by atoms with Crippen LogP contribution in [-0.4, -0.2) is 10.7 Å². The summed E-state index contributed by atoms with van der Waals surface area (Å²) >= 11 is 0. The highest BCUT2D eigenvalue weighted by atomic mass is 16.3. The number of aryl methyl sites for hydroxylation is 1. The lowest BCUT2D eigenvalue weighted by Gasteiger charge is -2.08. The summed E-state index contributed by atoms with van der Waals surface area (Å²) in [5, 5.41) is 10.4. The fourth-order valence-corrected chi connectivity index (χ4v) is 3.37. The van der Waals surface area contributed by atoms with Crippen molar-refractivity contribution in [3.8, 4) is 0 Å². The highest BCUT2D eigenvalue weighted by molar-refractivity contribution is 5.14. The second-order valence-corrected chi connectivity index (χ2v) is 5.07. The van der Waals surface area contributed by atoms with Gasteiger partial charge < -0.3 is 9.52 Å². The first kappa shape index (κ1) is 9.46. The number of aliphatic hydroxyl groups is 1. The van der Waals surface area contributed by atoms with Crippen molar-refractivity contribution in [1.29, 1.82) is 0 Å². The van der Waals surface area contributed by atoms with Crippen LogP contribution in [0.3, 0.4) is 0 Å². The molecule has 2 aliphatic rings. The van der Waals surface area contributed by atoms with Crippen molar-refractivity contribution in [3.63, 3.8) is 0 Å². The minimum Gasteiger partial charge on any atom is -0.469 e. The minimum absolute atomic E-state index is 0.344. The van der Waals surface area contributed by atoms with Gasteiger partial charge in [-0.1, -0.05) is 12.8 Å². The highest BCUT2D eigenvalue weighted by Crippen LogP contribution is 2.60. The van der Waals surface area contributed by atoms with Gasteiger partial charge in [0, 0.05) is 6.42 Å². The molecular weight excluding hydrogens is 188 g/mol. The summed E-state index contributed by atoms with van der Waals surface area (Å²) in [6.45, 7) is 0. The van der Waals surface area contributed by atoms with Crippen molar-refractivity contribution in [1.82, 2.24) is 0 Å². The first-order valence-electron chi connectivity index (χ1n) is 6.05. The average Bonchev–Trinajstić information content (AvgIpc) is 2.70. The minimum atomic E-state index is -0.344. The standard InChI is InChI=1S/C13H18O2/c14-13(8-7-10-4-3-9-15-10)11-5-1-2-6-12(11)13/h3-4,9,11-12,14H,1-2,5-8H2. The topological polar surface area (TPSA) is 33.4 Å². The molecule has 2 fully saturated rings. The largest absolute Gasteiger partial charge is 0.469 e. The number of furan rings is 1. The molecule has 0 bridgehead atoms. The number of fused-ring (bicyclic) bond motifs is 1. The lowest BCUT2D eigenvalue weighted by atomic mass is 10.0. The molecule has 2 saturated carbocycles. The van der Waals surface area contributed by atoms with Crippen LogP contribution in [0.1, 0.15) is 37.9 Å². The van der Waals surface area contributed by atoms with Gasteiger partial charge in [-0.05, 0) is 43.2 Å². The van der Waals surface area contributed by atoms with Gasteiger partial charge in [0.2, 0.25) is 0 Å². The van der Waals surface area contributed by atoms with Crippen LogP contribution in [0.2, 0.25) is 0 Å². The van der Waals surface area contributed by atoms with Gasteiger partial charge in [0.05, 0.1) is 11.9 Å². The third-order valence-electron chi connectivity index (χ3n) is 4.29. The molecule has 2 nitrogen and oxygen atoms in total. The second-order valence-electron chi connectivity index (χ2n) is 5.07. The molecule has 0 aliphatic heterocycles. The Bertz CT molecular complexity index is 316. The summed E-state index contributed by atoms with van der Waals surface area (Å²) in [5.74, 6) is 2.20. The van der Waals surface area contributed by atoms with Crippen LogP contribution in [0.25, 0.3) is 0 Å². The molecule has 82 valence electrons. The van der Waals surface area contributed by atoms with Gasteiger partial charge in [-0.3, -0.25) is 0 Å². The van der Waals surface area contributed by atoms with Crippen LogP contribution in [0.15, 0.2) is 22.8 Å². The maximum absolute atomic E-state index is 10.4. The number of hydrogen-bond acceptors (Lipinski definition) is 2. The van der Waals surface area contributed by atoms with Gasteiger partial charge in [-0.2, -0.15) is 0 Å². The van der Waals surface area contributed by atoms with Crippen LogP contribution in [0, 0.1) is 11.8 Å². The molecule has 2 unspecified atom stereocenters. The Morgan fingerprint density at radius 3 is 2.67 bits per heavy atom. The molecule has 15 heavy (non-hydrogen) atoms. The maximum atomic E-state index is 10.4. The zero-order chi connectivity index (χ0) is 10.3. The van der Waals surface area contributed by atoms with Gasteiger partial charge in [0.25, 0.3) is 0 Å². The summed E-state index contributed by atoms with van der Waals surface area (Å²) in [6.07, 6.45) is 8.57. The molecular formula is C13H18O2. The first-order chi connectivity index (χ1) is 7.31. The molecule has 1 N–H and O–H groups in total. The van der Waals surface area contributed by atoms with Gasteiger partial charge in [-0.15, -0.1) is 0 Å². The van der Waals surface area contributed by atoms with Crippen LogP contribution in [0.4, 0.5) is 0 Å². The molecule has 1 aromatic heterocycles. The second kappa shape index (κ2) is 3.38. The van der Waals surface area contributed by atoms with Crippen LogP contribution >= 0.6 is 0 Å². The molecule has 0 aromatic carbocycles. The molecule has 1 heterocycles. The van der Waals surface area contributed by atoms with Crippen molar-refractivity contribution < 1.29 is 9.52 Å². The fourth-order valence-electron chi connectivity index (χ4n) is 3.37. The third kappa shape index (κ3) is 1.51. The van der Waals surface area contributed by atoms with E-state index < -0.39 is 0 Å². The first-order valence-corrected chi connectivity index (χ1v) is 6.05. The SMILES string of the molecule is OC1(CCc2ccco2)C2CCCCC21. The highest BCUT2D eigenvalue weighted by Gasteiger charge is 2.62. The van der Waals surface area contributed by atoms with Crippen molar-refractivity contribution in [2.75, 3.05) is 0 Å². The summed E-state index contributed by atoms with van der Waals surface area (Å²) in [7, 11) is 0. The van der Waals surface area contributed by atoms with E-state index in [4.69, 9.17) is 4.42 Å². The summed E-state index contributed by atoms with van der Waals surface area (Å²) in [4.78, 5) is 0. The van der Waals surface area contributed by atoms with Crippen molar-refractivity contribution in [3.05, 3.63) is 24.2 Å². The van der Waals surface area contributed by atoms with Crippen molar-refractivity contribution >= 4 is 0 Å². The van der Waals surface area contributed by atoms with Crippen LogP contribution in [-0.2, 0) is 6.42 Å². The van der Waals surface area contributed by atoms with E-state index in [1.165, 1.54) is 25.7 Å². The Labute approximate surface area is 90.3 Å². The Hall–Kier alpha value is -0.760. The molecule has 1 aromatic rings. The normalized spacial score (nSPS) is 38.7. The van der Waals surface area contributed by atoms with Crippen molar-refractivity contribution in [2.24, 2.45) is 11.8 Å². The van der Waals surface area contributed by atoms with E-state index in [0.717, 1.165) is 18.6 Å². The number of hydrogen-bond donors (Lipinski definition) is 1.